The van der Waals surface area contributed by atoms with Crippen molar-refractivity contribution in [2.75, 3.05) is 24.5 Å². The Bertz CT molecular complexity index is 1480. The van der Waals surface area contributed by atoms with E-state index in [1.165, 1.54) is 0 Å². The van der Waals surface area contributed by atoms with E-state index in [0.29, 0.717) is 46.3 Å². The fourth-order valence-electron chi connectivity index (χ4n) is 4.86. The predicted molar refractivity (Wildman–Crippen MR) is 145 cm³/mol. The number of rotatable bonds is 7. The number of hydrogen-bond donors (Lipinski definition) is 1. The zero-order chi connectivity index (χ0) is 26.6. The maximum atomic E-state index is 12.9. The molecule has 7 nitrogen and oxygen atoms in total. The van der Waals surface area contributed by atoms with E-state index in [2.05, 4.69) is 40.1 Å². The molecule has 5 rings (SSSR count). The SMILES string of the molecule is CC(C)c1cc(C#N)cc2nc(-c3ccc(C(=O)NCC4CCN(c5cccc(CF)n5)CC4)cc3)oc12. The smallest absolute Gasteiger partial charge is 0.251 e. The topological polar surface area (TPSA) is 95.0 Å². The van der Waals surface area contributed by atoms with Crippen LogP contribution in [0, 0.1) is 17.2 Å². The van der Waals surface area contributed by atoms with Crippen LogP contribution in [0.5, 0.6) is 0 Å². The number of hydrogen-bond acceptors (Lipinski definition) is 6. The molecule has 0 atom stereocenters. The molecule has 0 aliphatic carbocycles. The van der Waals surface area contributed by atoms with Crippen LogP contribution in [0.4, 0.5) is 10.2 Å². The molecule has 2 aromatic heterocycles. The second kappa shape index (κ2) is 11.0. The third-order valence-electron chi connectivity index (χ3n) is 7.08. The molecule has 1 saturated heterocycles. The lowest BCUT2D eigenvalue weighted by atomic mass is 9.96. The van der Waals surface area contributed by atoms with Gasteiger partial charge in [0.05, 0.1) is 17.3 Å². The van der Waals surface area contributed by atoms with Crippen LogP contribution < -0.4 is 10.2 Å². The highest BCUT2D eigenvalue weighted by atomic mass is 19.1. The highest BCUT2D eigenvalue weighted by Crippen LogP contribution is 2.31. The van der Waals surface area contributed by atoms with Gasteiger partial charge in [-0.2, -0.15) is 5.26 Å². The summed E-state index contributed by atoms with van der Waals surface area (Å²) in [6.07, 6.45) is 1.87. The van der Waals surface area contributed by atoms with Gasteiger partial charge in [0.15, 0.2) is 5.58 Å². The minimum absolute atomic E-state index is 0.116. The third kappa shape index (κ3) is 5.37. The van der Waals surface area contributed by atoms with Gasteiger partial charge < -0.3 is 14.6 Å². The van der Waals surface area contributed by atoms with Gasteiger partial charge in [0, 0.05) is 36.3 Å². The summed E-state index contributed by atoms with van der Waals surface area (Å²) in [5.41, 5.74) is 4.64. The van der Waals surface area contributed by atoms with Crippen molar-refractivity contribution in [3.8, 4) is 17.5 Å². The van der Waals surface area contributed by atoms with Crippen molar-refractivity contribution in [1.29, 1.82) is 5.26 Å². The van der Waals surface area contributed by atoms with E-state index in [0.717, 1.165) is 42.9 Å². The van der Waals surface area contributed by atoms with Crippen molar-refractivity contribution in [2.45, 2.75) is 39.3 Å². The van der Waals surface area contributed by atoms with Crippen molar-refractivity contribution in [3.63, 3.8) is 0 Å². The van der Waals surface area contributed by atoms with E-state index in [-0.39, 0.29) is 11.8 Å². The highest BCUT2D eigenvalue weighted by Gasteiger charge is 2.21. The molecule has 194 valence electrons. The molecule has 8 heteroatoms. The summed E-state index contributed by atoms with van der Waals surface area (Å²) in [7, 11) is 0. The number of piperidine rings is 1. The van der Waals surface area contributed by atoms with Crippen LogP contribution in [-0.2, 0) is 6.67 Å². The van der Waals surface area contributed by atoms with Gasteiger partial charge in [-0.3, -0.25) is 4.79 Å². The molecule has 0 unspecified atom stereocenters. The number of nitrogens with one attached hydrogen (secondary N) is 1. The molecule has 38 heavy (non-hydrogen) atoms. The summed E-state index contributed by atoms with van der Waals surface area (Å²) in [4.78, 5) is 23.9. The number of amides is 1. The first-order chi connectivity index (χ1) is 18.4. The van der Waals surface area contributed by atoms with Crippen LogP contribution >= 0.6 is 0 Å². The first-order valence-corrected chi connectivity index (χ1v) is 12.9. The molecule has 1 aliphatic rings. The summed E-state index contributed by atoms with van der Waals surface area (Å²) in [5.74, 6) is 1.73. The summed E-state index contributed by atoms with van der Waals surface area (Å²) in [6, 6.07) is 18.4. The Hall–Kier alpha value is -4.25. The van der Waals surface area contributed by atoms with E-state index in [1.807, 2.05) is 30.3 Å². The molecule has 0 spiro atoms. The number of oxazole rings is 1. The fourth-order valence-corrected chi connectivity index (χ4v) is 4.86. The lowest BCUT2D eigenvalue weighted by molar-refractivity contribution is 0.0945. The molecule has 1 amide bonds. The molecule has 1 N–H and O–H groups in total. The van der Waals surface area contributed by atoms with Crippen LogP contribution in [0.1, 0.15) is 59.8 Å². The maximum absolute atomic E-state index is 12.9. The normalized spacial score (nSPS) is 14.1. The Morgan fingerprint density at radius 3 is 2.61 bits per heavy atom. The van der Waals surface area contributed by atoms with Crippen LogP contribution in [0.2, 0.25) is 0 Å². The standard InChI is InChI=1S/C30H30FN5O2/c1-19(2)25-14-21(17-32)15-26-28(25)38-30(35-26)23-8-6-22(7-9-23)29(37)33-18-20-10-12-36(13-11-20)27-5-3-4-24(16-31)34-27/h3-9,14-15,19-20H,10-13,16,18H2,1-2H3,(H,33,37). The summed E-state index contributed by atoms with van der Waals surface area (Å²) in [6.45, 7) is 5.82. The Morgan fingerprint density at radius 2 is 1.92 bits per heavy atom. The Morgan fingerprint density at radius 1 is 1.16 bits per heavy atom. The van der Waals surface area contributed by atoms with Crippen LogP contribution in [0.25, 0.3) is 22.6 Å². The van der Waals surface area contributed by atoms with E-state index >= 15 is 0 Å². The van der Waals surface area contributed by atoms with E-state index in [1.54, 1.807) is 24.3 Å². The molecule has 0 radical (unpaired) electrons. The second-order valence-corrected chi connectivity index (χ2v) is 10.0. The molecule has 0 bridgehead atoms. The van der Waals surface area contributed by atoms with Crippen molar-refractivity contribution >= 4 is 22.8 Å². The summed E-state index contributed by atoms with van der Waals surface area (Å²) < 4.78 is 19.0. The van der Waals surface area contributed by atoms with Gasteiger partial charge in [-0.05, 0) is 73.2 Å². The van der Waals surface area contributed by atoms with E-state index < -0.39 is 6.67 Å². The van der Waals surface area contributed by atoms with Gasteiger partial charge in [-0.1, -0.05) is 19.9 Å². The average molecular weight is 512 g/mol. The second-order valence-electron chi connectivity index (χ2n) is 10.0. The minimum Gasteiger partial charge on any atom is -0.436 e. The first-order valence-electron chi connectivity index (χ1n) is 12.9. The zero-order valence-corrected chi connectivity index (χ0v) is 21.6. The van der Waals surface area contributed by atoms with Crippen molar-refractivity contribution in [2.24, 2.45) is 5.92 Å². The number of nitrogens with zero attached hydrogens (tertiary/aromatic N) is 4. The number of halogens is 1. The number of alkyl halides is 1. The quantitative estimate of drug-likeness (QED) is 0.327. The molecule has 2 aromatic carbocycles. The molecule has 4 aromatic rings. The molecular formula is C30H30FN5O2. The number of nitriles is 1. The van der Waals surface area contributed by atoms with Gasteiger partial charge in [0.25, 0.3) is 5.91 Å². The monoisotopic (exact) mass is 511 g/mol. The predicted octanol–water partition coefficient (Wildman–Crippen LogP) is 6.00. The summed E-state index contributed by atoms with van der Waals surface area (Å²) >= 11 is 0. The van der Waals surface area contributed by atoms with Crippen LogP contribution in [0.3, 0.4) is 0 Å². The van der Waals surface area contributed by atoms with Gasteiger partial charge >= 0.3 is 0 Å². The summed E-state index contributed by atoms with van der Waals surface area (Å²) in [5, 5.41) is 12.4. The van der Waals surface area contributed by atoms with E-state index in [9.17, 15) is 14.4 Å². The number of fused-ring (bicyclic) bond motifs is 1. The minimum atomic E-state index is -0.561. The number of anilines is 1. The first kappa shape index (κ1) is 25.4. The van der Waals surface area contributed by atoms with Crippen molar-refractivity contribution < 1.29 is 13.6 Å². The number of carbonyl (C=O) groups excluding carboxylic acids is 1. The van der Waals surface area contributed by atoms with Crippen molar-refractivity contribution in [1.82, 2.24) is 15.3 Å². The molecule has 1 aliphatic heterocycles. The highest BCUT2D eigenvalue weighted by molar-refractivity contribution is 5.94. The average Bonchev–Trinajstić information content (AvgIpc) is 3.40. The fraction of sp³-hybridized carbons (Fsp3) is 0.333. The number of aromatic nitrogens is 2. The van der Waals surface area contributed by atoms with E-state index in [4.69, 9.17) is 4.42 Å². The van der Waals surface area contributed by atoms with Crippen LogP contribution in [-0.4, -0.2) is 35.5 Å². The molecular weight excluding hydrogens is 481 g/mol. The van der Waals surface area contributed by atoms with Gasteiger partial charge in [0.1, 0.15) is 18.0 Å². The van der Waals surface area contributed by atoms with Crippen LogP contribution in [0.15, 0.2) is 59.0 Å². The Labute approximate surface area is 221 Å². The largest absolute Gasteiger partial charge is 0.436 e. The van der Waals surface area contributed by atoms with Gasteiger partial charge in [-0.15, -0.1) is 0 Å². The number of pyridine rings is 1. The molecule has 3 heterocycles. The van der Waals surface area contributed by atoms with Gasteiger partial charge in [-0.25, -0.2) is 14.4 Å². The lowest BCUT2D eigenvalue weighted by Crippen LogP contribution is -2.39. The number of benzene rings is 2. The lowest BCUT2D eigenvalue weighted by Gasteiger charge is -2.33. The molecule has 0 saturated carbocycles. The third-order valence-corrected chi connectivity index (χ3v) is 7.08. The maximum Gasteiger partial charge on any atom is 0.251 e. The molecule has 1 fully saturated rings. The van der Waals surface area contributed by atoms with Crippen molar-refractivity contribution in [3.05, 3.63) is 77.0 Å². The van der Waals surface area contributed by atoms with Gasteiger partial charge in [0.2, 0.25) is 5.89 Å². The zero-order valence-electron chi connectivity index (χ0n) is 21.6. The Balaban J connectivity index is 1.19. The Kier molecular flexibility index (Phi) is 7.36. The number of carbonyl (C=O) groups is 1.